The van der Waals surface area contributed by atoms with Crippen molar-refractivity contribution in [2.45, 2.75) is 18.7 Å². The van der Waals surface area contributed by atoms with Crippen LogP contribution >= 0.6 is 11.6 Å². The summed E-state index contributed by atoms with van der Waals surface area (Å²) in [4.78, 5) is 10.2. The molecule has 0 bridgehead atoms. The first-order valence-corrected chi connectivity index (χ1v) is 7.50. The van der Waals surface area contributed by atoms with E-state index in [0.717, 1.165) is 6.07 Å². The zero-order chi connectivity index (χ0) is 13.9. The summed E-state index contributed by atoms with van der Waals surface area (Å²) >= 11 is 5.58. The second-order valence-corrected chi connectivity index (χ2v) is 6.59. The van der Waals surface area contributed by atoms with E-state index in [9.17, 15) is 18.5 Å². The van der Waals surface area contributed by atoms with Crippen molar-refractivity contribution in [3.8, 4) is 0 Å². The summed E-state index contributed by atoms with van der Waals surface area (Å²) in [5.74, 6) is -0.0822. The Labute approximate surface area is 111 Å². The Morgan fingerprint density at radius 2 is 2.06 bits per heavy atom. The van der Waals surface area contributed by atoms with E-state index in [1.807, 2.05) is 0 Å². The number of nitro benzene ring substituents is 1. The number of rotatable bonds is 5. The largest absolute Gasteiger partial charge is 0.273 e. The van der Waals surface area contributed by atoms with E-state index in [4.69, 9.17) is 11.6 Å². The molecule has 0 aliphatic rings. The van der Waals surface area contributed by atoms with Gasteiger partial charge in [-0.25, -0.2) is 8.42 Å². The Morgan fingerprint density at radius 1 is 1.44 bits per heavy atom. The van der Waals surface area contributed by atoms with Gasteiger partial charge in [-0.15, -0.1) is 11.6 Å². The average Bonchev–Trinajstić information content (AvgIpc) is 2.28. The highest BCUT2D eigenvalue weighted by Gasteiger charge is 2.21. The number of aryl methyl sites for hydroxylation is 1. The number of alkyl halides is 1. The van der Waals surface area contributed by atoms with E-state index < -0.39 is 14.8 Å². The van der Waals surface area contributed by atoms with Gasteiger partial charge in [0.2, 0.25) is 0 Å². The van der Waals surface area contributed by atoms with Gasteiger partial charge in [-0.1, -0.05) is 13.0 Å². The van der Waals surface area contributed by atoms with Crippen LogP contribution < -0.4 is 0 Å². The average molecular weight is 292 g/mol. The summed E-state index contributed by atoms with van der Waals surface area (Å²) in [6.45, 7) is 3.28. The fourth-order valence-corrected chi connectivity index (χ4v) is 3.36. The lowest BCUT2D eigenvalue weighted by atomic mass is 10.2. The molecule has 1 unspecified atom stereocenters. The lowest BCUT2D eigenvalue weighted by molar-refractivity contribution is -0.385. The summed E-state index contributed by atoms with van der Waals surface area (Å²) in [7, 11) is -3.53. The molecule has 18 heavy (non-hydrogen) atoms. The van der Waals surface area contributed by atoms with Crippen molar-refractivity contribution in [2.24, 2.45) is 5.92 Å². The van der Waals surface area contributed by atoms with Gasteiger partial charge < -0.3 is 0 Å². The van der Waals surface area contributed by atoms with E-state index >= 15 is 0 Å². The minimum atomic E-state index is -3.53. The van der Waals surface area contributed by atoms with Gasteiger partial charge in [0.1, 0.15) is 0 Å². The first kappa shape index (κ1) is 14.9. The first-order chi connectivity index (χ1) is 8.27. The molecule has 0 saturated heterocycles. The van der Waals surface area contributed by atoms with Crippen LogP contribution in [0.1, 0.15) is 12.5 Å². The third-order valence-electron chi connectivity index (χ3n) is 2.50. The Bertz CT molecular complexity index is 556. The third-order valence-corrected chi connectivity index (χ3v) is 5.01. The zero-order valence-corrected chi connectivity index (χ0v) is 11.7. The number of sulfone groups is 1. The molecular formula is C11H14ClNO4S. The Kier molecular flexibility index (Phi) is 4.70. The Morgan fingerprint density at radius 3 is 2.56 bits per heavy atom. The fraction of sp³-hybridized carbons (Fsp3) is 0.455. The van der Waals surface area contributed by atoms with Gasteiger partial charge in [0.15, 0.2) is 9.84 Å². The minimum Gasteiger partial charge on any atom is -0.258 e. The Hall–Kier alpha value is -1.14. The van der Waals surface area contributed by atoms with Crippen LogP contribution in [0.25, 0.3) is 0 Å². The van der Waals surface area contributed by atoms with Gasteiger partial charge in [-0.05, 0) is 18.9 Å². The predicted molar refractivity (Wildman–Crippen MR) is 69.8 cm³/mol. The molecule has 0 aliphatic carbocycles. The number of hydrogen-bond acceptors (Lipinski definition) is 4. The molecule has 1 atom stereocenters. The minimum absolute atomic E-state index is 0.0308. The van der Waals surface area contributed by atoms with Crippen molar-refractivity contribution in [1.82, 2.24) is 0 Å². The third kappa shape index (κ3) is 3.43. The van der Waals surface area contributed by atoms with Crippen molar-refractivity contribution in [2.75, 3.05) is 11.6 Å². The van der Waals surface area contributed by atoms with Crippen LogP contribution in [0.4, 0.5) is 5.69 Å². The number of benzene rings is 1. The number of nitrogens with zero attached hydrogens (tertiary/aromatic N) is 1. The number of halogens is 1. The van der Waals surface area contributed by atoms with Crippen LogP contribution in [0, 0.1) is 23.0 Å². The maximum Gasteiger partial charge on any atom is 0.273 e. The van der Waals surface area contributed by atoms with Crippen molar-refractivity contribution < 1.29 is 13.3 Å². The molecule has 0 fully saturated rings. The topological polar surface area (TPSA) is 77.3 Å². The molecular weight excluding hydrogens is 278 g/mol. The first-order valence-electron chi connectivity index (χ1n) is 5.31. The summed E-state index contributed by atoms with van der Waals surface area (Å²) in [5, 5.41) is 10.8. The smallest absolute Gasteiger partial charge is 0.258 e. The molecule has 0 N–H and O–H groups in total. The molecule has 7 heteroatoms. The zero-order valence-electron chi connectivity index (χ0n) is 10.1. The van der Waals surface area contributed by atoms with E-state index in [1.165, 1.54) is 12.1 Å². The van der Waals surface area contributed by atoms with E-state index in [2.05, 4.69) is 0 Å². The molecule has 1 aromatic rings. The SMILES string of the molecule is Cc1ccc(S(=O)(=O)CC(C)CCl)cc1[N+](=O)[O-]. The van der Waals surface area contributed by atoms with Crippen molar-refractivity contribution in [3.63, 3.8) is 0 Å². The number of hydrogen-bond donors (Lipinski definition) is 0. The van der Waals surface area contributed by atoms with Crippen LogP contribution in [0.3, 0.4) is 0 Å². The van der Waals surface area contributed by atoms with Crippen LogP contribution in [-0.4, -0.2) is 25.0 Å². The molecule has 0 saturated carbocycles. The quantitative estimate of drug-likeness (QED) is 0.474. The molecule has 1 aromatic carbocycles. The van der Waals surface area contributed by atoms with Crippen LogP contribution in [0.5, 0.6) is 0 Å². The van der Waals surface area contributed by atoms with Gasteiger partial charge >= 0.3 is 0 Å². The van der Waals surface area contributed by atoms with Gasteiger partial charge in [0.05, 0.1) is 15.6 Å². The van der Waals surface area contributed by atoms with E-state index in [1.54, 1.807) is 13.8 Å². The molecule has 100 valence electrons. The lowest BCUT2D eigenvalue weighted by Crippen LogP contribution is -2.15. The molecule has 1 rings (SSSR count). The molecule has 0 heterocycles. The maximum atomic E-state index is 12.0. The monoisotopic (exact) mass is 291 g/mol. The van der Waals surface area contributed by atoms with Gasteiger partial charge in [0.25, 0.3) is 5.69 Å². The van der Waals surface area contributed by atoms with Crippen molar-refractivity contribution in [3.05, 3.63) is 33.9 Å². The van der Waals surface area contributed by atoms with E-state index in [0.29, 0.717) is 5.56 Å². The molecule has 0 aromatic heterocycles. The second kappa shape index (κ2) is 5.67. The van der Waals surface area contributed by atoms with Gasteiger partial charge in [0, 0.05) is 17.5 Å². The highest BCUT2D eigenvalue weighted by atomic mass is 35.5. The number of nitro groups is 1. The van der Waals surface area contributed by atoms with E-state index in [-0.39, 0.29) is 28.1 Å². The Balaban J connectivity index is 3.18. The van der Waals surface area contributed by atoms with Crippen LogP contribution in [0.2, 0.25) is 0 Å². The highest BCUT2D eigenvalue weighted by molar-refractivity contribution is 7.91. The van der Waals surface area contributed by atoms with Crippen molar-refractivity contribution >= 4 is 27.1 Å². The fourth-order valence-electron chi connectivity index (χ4n) is 1.49. The summed E-state index contributed by atoms with van der Waals surface area (Å²) < 4.78 is 24.0. The van der Waals surface area contributed by atoms with Crippen LogP contribution in [0.15, 0.2) is 23.1 Å². The molecule has 0 amide bonds. The summed E-state index contributed by atoms with van der Waals surface area (Å²) in [6, 6.07) is 3.93. The van der Waals surface area contributed by atoms with Crippen molar-refractivity contribution in [1.29, 1.82) is 0 Å². The molecule has 0 aliphatic heterocycles. The normalized spacial score (nSPS) is 13.3. The van der Waals surface area contributed by atoms with Gasteiger partial charge in [-0.3, -0.25) is 10.1 Å². The predicted octanol–water partition coefficient (Wildman–Crippen LogP) is 2.55. The highest BCUT2D eigenvalue weighted by Crippen LogP contribution is 2.23. The summed E-state index contributed by atoms with van der Waals surface area (Å²) in [5.41, 5.74) is 0.249. The second-order valence-electron chi connectivity index (χ2n) is 4.25. The van der Waals surface area contributed by atoms with Gasteiger partial charge in [-0.2, -0.15) is 0 Å². The molecule has 0 radical (unpaired) electrons. The summed E-state index contributed by atoms with van der Waals surface area (Å²) in [6.07, 6.45) is 0. The standard InChI is InChI=1S/C11H14ClNO4S/c1-8(6-12)7-18(16,17)10-4-3-9(2)11(5-10)13(14)15/h3-5,8H,6-7H2,1-2H3. The maximum absolute atomic E-state index is 12.0. The van der Waals surface area contributed by atoms with Crippen LogP contribution in [-0.2, 0) is 9.84 Å². The molecule has 0 spiro atoms. The lowest BCUT2D eigenvalue weighted by Gasteiger charge is -2.09. The molecule has 5 nitrogen and oxygen atoms in total.